The Morgan fingerprint density at radius 3 is 2.77 bits per heavy atom. The minimum atomic E-state index is -0.309. The number of nitrogens with one attached hydrogen (secondary N) is 1. The molecule has 0 spiro atoms. The van der Waals surface area contributed by atoms with Crippen LogP contribution in [-0.2, 0) is 10.5 Å². The molecule has 5 nitrogen and oxygen atoms in total. The maximum Gasteiger partial charge on any atom is 0.281 e. The lowest BCUT2D eigenvalue weighted by molar-refractivity contribution is -0.117. The smallest absolute Gasteiger partial charge is 0.273 e. The molecule has 0 unspecified atom stereocenters. The lowest BCUT2D eigenvalue weighted by Crippen LogP contribution is -2.35. The maximum absolute atomic E-state index is 13.5. The summed E-state index contributed by atoms with van der Waals surface area (Å²) in [7, 11) is 0. The third kappa shape index (κ3) is 4.90. The number of thioether (sulfide) groups is 1. The highest BCUT2D eigenvalue weighted by Gasteiger charge is 2.18. The van der Waals surface area contributed by atoms with E-state index in [0.717, 1.165) is 12.0 Å². The summed E-state index contributed by atoms with van der Waals surface area (Å²) in [6, 6.07) is 13.4. The Labute approximate surface area is 178 Å². The van der Waals surface area contributed by atoms with Gasteiger partial charge in [0.2, 0.25) is 5.91 Å². The molecule has 2 aromatic carbocycles. The number of hydrogen-bond acceptors (Lipinski definition) is 4. The average Bonchev–Trinajstić information content (AvgIpc) is 3.27. The third-order valence-electron chi connectivity index (χ3n) is 5.49. The van der Waals surface area contributed by atoms with Crippen LogP contribution in [0.4, 0.5) is 4.39 Å². The lowest BCUT2D eigenvalue weighted by atomic mass is 10.0. The van der Waals surface area contributed by atoms with Gasteiger partial charge < -0.3 is 0 Å². The molecule has 1 amide bonds. The van der Waals surface area contributed by atoms with Crippen molar-refractivity contribution in [2.24, 2.45) is 5.92 Å². The molecule has 7 heteroatoms. The highest BCUT2D eigenvalue weighted by molar-refractivity contribution is 7.98. The van der Waals surface area contributed by atoms with Crippen LogP contribution in [0.5, 0.6) is 0 Å². The van der Waals surface area contributed by atoms with Crippen molar-refractivity contribution in [1.29, 1.82) is 0 Å². The molecule has 0 saturated heterocycles. The third-order valence-corrected chi connectivity index (χ3v) is 6.50. The monoisotopic (exact) mass is 425 g/mol. The molecule has 1 heterocycles. The van der Waals surface area contributed by atoms with Gasteiger partial charge in [-0.25, -0.2) is 9.37 Å². The van der Waals surface area contributed by atoms with Gasteiger partial charge >= 0.3 is 0 Å². The minimum Gasteiger partial charge on any atom is -0.273 e. The van der Waals surface area contributed by atoms with Crippen molar-refractivity contribution in [3.05, 3.63) is 70.3 Å². The summed E-state index contributed by atoms with van der Waals surface area (Å²) in [4.78, 5) is 30.2. The molecule has 4 rings (SSSR count). The Morgan fingerprint density at radius 2 is 1.97 bits per heavy atom. The molecule has 0 aliphatic heterocycles. The number of halogens is 1. The van der Waals surface area contributed by atoms with E-state index < -0.39 is 0 Å². The molecule has 0 atom stereocenters. The Hall–Kier alpha value is -2.67. The van der Waals surface area contributed by atoms with Gasteiger partial charge in [0.15, 0.2) is 5.16 Å². The van der Waals surface area contributed by atoms with E-state index in [9.17, 15) is 14.0 Å². The zero-order valence-electron chi connectivity index (χ0n) is 16.6. The summed E-state index contributed by atoms with van der Waals surface area (Å²) in [6.07, 6.45) is 6.06. The van der Waals surface area contributed by atoms with E-state index in [1.807, 2.05) is 12.1 Å². The second kappa shape index (κ2) is 9.43. The Bertz CT molecular complexity index is 1110. The van der Waals surface area contributed by atoms with Gasteiger partial charge in [-0.1, -0.05) is 61.7 Å². The second-order valence-corrected chi connectivity index (χ2v) is 8.64. The predicted octanol–water partition coefficient (Wildman–Crippen LogP) is 4.87. The van der Waals surface area contributed by atoms with Crippen LogP contribution in [0.2, 0.25) is 0 Å². The predicted molar refractivity (Wildman–Crippen MR) is 118 cm³/mol. The number of carbonyl (C=O) groups is 1. The molecule has 1 N–H and O–H groups in total. The fourth-order valence-corrected chi connectivity index (χ4v) is 4.79. The van der Waals surface area contributed by atoms with Crippen LogP contribution >= 0.6 is 11.8 Å². The lowest BCUT2D eigenvalue weighted by Gasteiger charge is -2.15. The van der Waals surface area contributed by atoms with Crippen molar-refractivity contribution >= 4 is 28.6 Å². The fourth-order valence-electron chi connectivity index (χ4n) is 3.90. The van der Waals surface area contributed by atoms with Crippen LogP contribution < -0.4 is 11.0 Å². The van der Waals surface area contributed by atoms with E-state index in [2.05, 4.69) is 10.4 Å². The summed E-state index contributed by atoms with van der Waals surface area (Å²) in [5.41, 5.74) is 3.79. The molecular weight excluding hydrogens is 401 g/mol. The van der Waals surface area contributed by atoms with Crippen molar-refractivity contribution in [3.8, 4) is 0 Å². The average molecular weight is 426 g/mol. The number of aromatic nitrogens is 2. The van der Waals surface area contributed by atoms with Gasteiger partial charge in [0.05, 0.1) is 10.9 Å². The van der Waals surface area contributed by atoms with E-state index in [0.29, 0.717) is 34.2 Å². The Kier molecular flexibility index (Phi) is 6.47. The minimum absolute atomic E-state index is 0.186. The fraction of sp³-hybridized carbons (Fsp3) is 0.348. The van der Waals surface area contributed by atoms with E-state index in [1.54, 1.807) is 24.3 Å². The standard InChI is InChI=1S/C23H24FN3O2S/c24-18-9-5-8-17(14-18)15-30-23-25-20-11-4-3-10-19(20)22(29)27(23)26-21(28)13-12-16-6-1-2-7-16/h3-5,8-11,14,16H,1-2,6-7,12-13,15H2,(H,26,28). The summed E-state index contributed by atoms with van der Waals surface area (Å²) in [6.45, 7) is 0. The number of amides is 1. The SMILES string of the molecule is O=C(CCC1CCCC1)Nn1c(SCc2cccc(F)c2)nc2ccccc2c1=O. The first-order valence-corrected chi connectivity index (χ1v) is 11.3. The summed E-state index contributed by atoms with van der Waals surface area (Å²) in [5, 5.41) is 0.834. The first kappa shape index (κ1) is 20.6. The van der Waals surface area contributed by atoms with Gasteiger partial charge in [0.1, 0.15) is 5.82 Å². The Balaban J connectivity index is 1.57. The number of rotatable bonds is 7. The zero-order chi connectivity index (χ0) is 20.9. The number of fused-ring (bicyclic) bond motifs is 1. The van der Waals surface area contributed by atoms with Crippen LogP contribution in [0.3, 0.4) is 0 Å². The van der Waals surface area contributed by atoms with Crippen molar-refractivity contribution in [2.45, 2.75) is 49.4 Å². The number of nitrogens with zero attached hydrogens (tertiary/aromatic N) is 2. The first-order chi connectivity index (χ1) is 14.6. The maximum atomic E-state index is 13.5. The molecule has 1 saturated carbocycles. The molecule has 1 aliphatic rings. The molecular formula is C23H24FN3O2S. The summed E-state index contributed by atoms with van der Waals surface area (Å²) >= 11 is 1.29. The van der Waals surface area contributed by atoms with Gasteiger partial charge in [0.25, 0.3) is 5.56 Å². The van der Waals surface area contributed by atoms with Gasteiger partial charge in [-0.3, -0.25) is 15.0 Å². The molecule has 3 aromatic rings. The molecule has 30 heavy (non-hydrogen) atoms. The van der Waals surface area contributed by atoms with Gasteiger partial charge in [-0.15, -0.1) is 0 Å². The highest BCUT2D eigenvalue weighted by atomic mass is 32.2. The molecule has 1 aromatic heterocycles. The zero-order valence-corrected chi connectivity index (χ0v) is 17.5. The number of para-hydroxylation sites is 1. The summed E-state index contributed by atoms with van der Waals surface area (Å²) in [5.74, 6) is 0.537. The topological polar surface area (TPSA) is 64.0 Å². The van der Waals surface area contributed by atoms with Crippen LogP contribution in [0.1, 0.15) is 44.1 Å². The largest absolute Gasteiger partial charge is 0.281 e. The van der Waals surface area contributed by atoms with Gasteiger partial charge in [0, 0.05) is 12.2 Å². The van der Waals surface area contributed by atoms with E-state index in [-0.39, 0.29) is 17.3 Å². The number of hydrogen-bond donors (Lipinski definition) is 1. The first-order valence-electron chi connectivity index (χ1n) is 10.3. The summed E-state index contributed by atoms with van der Waals surface area (Å²) < 4.78 is 14.7. The second-order valence-electron chi connectivity index (χ2n) is 7.69. The van der Waals surface area contributed by atoms with Gasteiger partial charge in [-0.05, 0) is 42.2 Å². The molecule has 0 bridgehead atoms. The Morgan fingerprint density at radius 1 is 1.17 bits per heavy atom. The molecule has 0 radical (unpaired) electrons. The van der Waals surface area contributed by atoms with Crippen LogP contribution in [0, 0.1) is 11.7 Å². The van der Waals surface area contributed by atoms with Crippen molar-refractivity contribution in [3.63, 3.8) is 0 Å². The number of benzene rings is 2. The van der Waals surface area contributed by atoms with Gasteiger partial charge in [-0.2, -0.15) is 4.68 Å². The van der Waals surface area contributed by atoms with Crippen molar-refractivity contribution < 1.29 is 9.18 Å². The molecule has 1 fully saturated rings. The quantitative estimate of drug-likeness (QED) is 0.433. The molecule has 156 valence electrons. The van der Waals surface area contributed by atoms with Crippen molar-refractivity contribution in [1.82, 2.24) is 9.66 Å². The van der Waals surface area contributed by atoms with Crippen LogP contribution in [-0.4, -0.2) is 15.6 Å². The number of carbonyl (C=O) groups excluding carboxylic acids is 1. The molecule has 1 aliphatic carbocycles. The normalized spacial score (nSPS) is 14.3. The van der Waals surface area contributed by atoms with Crippen LogP contribution in [0.15, 0.2) is 58.5 Å². The van der Waals surface area contributed by atoms with E-state index in [1.165, 1.54) is 54.3 Å². The van der Waals surface area contributed by atoms with E-state index in [4.69, 9.17) is 0 Å². The van der Waals surface area contributed by atoms with Crippen LogP contribution in [0.25, 0.3) is 10.9 Å². The van der Waals surface area contributed by atoms with Crippen molar-refractivity contribution in [2.75, 3.05) is 5.43 Å². The highest BCUT2D eigenvalue weighted by Crippen LogP contribution is 2.28. The van der Waals surface area contributed by atoms with E-state index >= 15 is 0 Å².